The second-order valence-electron chi connectivity index (χ2n) is 4.78. The minimum absolute atomic E-state index is 0.0862. The van der Waals surface area contributed by atoms with Gasteiger partial charge in [-0.05, 0) is 30.2 Å². The van der Waals surface area contributed by atoms with Gasteiger partial charge in [0, 0.05) is 27.4 Å². The van der Waals surface area contributed by atoms with E-state index < -0.39 is 0 Å². The summed E-state index contributed by atoms with van der Waals surface area (Å²) in [6, 6.07) is 5.43. The Hall–Kier alpha value is -0.280. The van der Waals surface area contributed by atoms with Gasteiger partial charge in [-0.3, -0.25) is 0 Å². The van der Waals surface area contributed by atoms with Crippen LogP contribution in [-0.4, -0.2) is 18.3 Å². The van der Waals surface area contributed by atoms with Crippen LogP contribution in [0.3, 0.4) is 0 Å². The van der Waals surface area contributed by atoms with E-state index in [0.717, 1.165) is 12.0 Å². The Labute approximate surface area is 105 Å². The molecule has 1 aliphatic carbocycles. The van der Waals surface area contributed by atoms with E-state index in [4.69, 9.17) is 28.9 Å². The molecular weight excluding hydrogens is 245 g/mol. The Bertz CT molecular complexity index is 417. The maximum atomic E-state index is 9.46. The summed E-state index contributed by atoms with van der Waals surface area (Å²) in [7, 11) is 0. The van der Waals surface area contributed by atoms with Crippen LogP contribution in [0.15, 0.2) is 18.2 Å². The van der Waals surface area contributed by atoms with Gasteiger partial charge in [0.15, 0.2) is 0 Å². The van der Waals surface area contributed by atoms with Gasteiger partial charge in [0.05, 0.1) is 6.61 Å². The van der Waals surface area contributed by atoms with Gasteiger partial charge in [-0.25, -0.2) is 0 Å². The van der Waals surface area contributed by atoms with Crippen LogP contribution in [0.25, 0.3) is 0 Å². The van der Waals surface area contributed by atoms with Crippen LogP contribution >= 0.6 is 23.2 Å². The van der Waals surface area contributed by atoms with E-state index in [9.17, 15) is 5.11 Å². The lowest BCUT2D eigenvalue weighted by molar-refractivity contribution is 0.198. The van der Waals surface area contributed by atoms with Gasteiger partial charge < -0.3 is 10.8 Å². The molecule has 1 aliphatic rings. The number of halogens is 2. The summed E-state index contributed by atoms with van der Waals surface area (Å²) in [5.74, 6) is 0. The Morgan fingerprint density at radius 1 is 1.44 bits per heavy atom. The van der Waals surface area contributed by atoms with Gasteiger partial charge in [-0.1, -0.05) is 30.1 Å². The first-order chi connectivity index (χ1) is 7.49. The van der Waals surface area contributed by atoms with Gasteiger partial charge in [-0.15, -0.1) is 0 Å². The highest BCUT2D eigenvalue weighted by Crippen LogP contribution is 2.64. The molecule has 2 atom stereocenters. The predicted octanol–water partition coefficient (Wildman–Crippen LogP) is 2.59. The van der Waals surface area contributed by atoms with Crippen molar-refractivity contribution in [1.29, 1.82) is 0 Å². The zero-order valence-corrected chi connectivity index (χ0v) is 10.6. The molecule has 1 aromatic carbocycles. The van der Waals surface area contributed by atoms with E-state index in [-0.39, 0.29) is 17.4 Å². The zero-order valence-electron chi connectivity index (χ0n) is 9.13. The molecule has 2 rings (SSSR count). The summed E-state index contributed by atoms with van der Waals surface area (Å²) in [5, 5.41) is 10.8. The van der Waals surface area contributed by atoms with Crippen LogP contribution in [0.1, 0.15) is 18.9 Å². The van der Waals surface area contributed by atoms with E-state index in [1.807, 2.05) is 6.07 Å². The minimum atomic E-state index is -0.235. The van der Waals surface area contributed by atoms with Crippen molar-refractivity contribution in [2.75, 3.05) is 13.2 Å². The SMILES string of the molecule is CC1(c2cc(Cl)ccc2Cl)CC1(CN)CO. The molecule has 1 saturated carbocycles. The number of benzene rings is 1. The van der Waals surface area contributed by atoms with Crippen LogP contribution < -0.4 is 5.73 Å². The zero-order chi connectivity index (χ0) is 12.0. The molecule has 1 aromatic rings. The molecule has 88 valence electrons. The van der Waals surface area contributed by atoms with Crippen molar-refractivity contribution < 1.29 is 5.11 Å². The highest BCUT2D eigenvalue weighted by molar-refractivity contribution is 6.33. The molecule has 4 heteroatoms. The molecule has 0 heterocycles. The van der Waals surface area contributed by atoms with Crippen LogP contribution in [0.4, 0.5) is 0 Å². The first kappa shape index (κ1) is 12.2. The quantitative estimate of drug-likeness (QED) is 0.877. The van der Waals surface area contributed by atoms with Crippen molar-refractivity contribution in [1.82, 2.24) is 0 Å². The topological polar surface area (TPSA) is 46.2 Å². The molecule has 0 amide bonds. The van der Waals surface area contributed by atoms with E-state index in [1.54, 1.807) is 12.1 Å². The van der Waals surface area contributed by atoms with Crippen LogP contribution in [-0.2, 0) is 5.41 Å². The molecule has 0 saturated heterocycles. The van der Waals surface area contributed by atoms with Crippen molar-refractivity contribution in [3.05, 3.63) is 33.8 Å². The third kappa shape index (κ3) is 1.56. The lowest BCUT2D eigenvalue weighted by Crippen LogP contribution is -2.28. The van der Waals surface area contributed by atoms with Crippen LogP contribution in [0.5, 0.6) is 0 Å². The molecule has 2 nitrogen and oxygen atoms in total. The first-order valence-electron chi connectivity index (χ1n) is 5.25. The Kier molecular flexibility index (Phi) is 2.96. The lowest BCUT2D eigenvalue weighted by atomic mass is 9.88. The summed E-state index contributed by atoms with van der Waals surface area (Å²) in [6.07, 6.45) is 0.854. The molecule has 3 N–H and O–H groups in total. The van der Waals surface area contributed by atoms with E-state index >= 15 is 0 Å². The molecule has 1 fully saturated rings. The number of rotatable bonds is 3. The minimum Gasteiger partial charge on any atom is -0.396 e. The number of aliphatic hydroxyl groups is 1. The largest absolute Gasteiger partial charge is 0.396 e. The summed E-state index contributed by atoms with van der Waals surface area (Å²) < 4.78 is 0. The van der Waals surface area contributed by atoms with Crippen LogP contribution in [0.2, 0.25) is 10.0 Å². The second-order valence-corrected chi connectivity index (χ2v) is 5.62. The average Bonchev–Trinajstić information content (AvgIpc) is 2.90. The Morgan fingerprint density at radius 2 is 2.12 bits per heavy atom. The van der Waals surface area contributed by atoms with Crippen LogP contribution in [0, 0.1) is 5.41 Å². The summed E-state index contributed by atoms with van der Waals surface area (Å²) in [4.78, 5) is 0. The molecule has 16 heavy (non-hydrogen) atoms. The fraction of sp³-hybridized carbons (Fsp3) is 0.500. The smallest absolute Gasteiger partial charge is 0.0508 e. The van der Waals surface area contributed by atoms with Crippen molar-refractivity contribution >= 4 is 23.2 Å². The third-order valence-electron chi connectivity index (χ3n) is 3.95. The Balaban J connectivity index is 2.43. The molecule has 2 unspecified atom stereocenters. The van der Waals surface area contributed by atoms with Gasteiger partial charge in [0.25, 0.3) is 0 Å². The highest BCUT2D eigenvalue weighted by atomic mass is 35.5. The Morgan fingerprint density at radius 3 is 2.62 bits per heavy atom. The molecule has 0 aliphatic heterocycles. The summed E-state index contributed by atoms with van der Waals surface area (Å²) in [5.41, 5.74) is 6.34. The average molecular weight is 260 g/mol. The number of aliphatic hydroxyl groups excluding tert-OH is 1. The standard InChI is InChI=1S/C12H15Cl2NO/c1-11(5-12(11,6-15)7-16)9-4-8(13)2-3-10(9)14/h2-4,16H,5-7,15H2,1H3. The van der Waals surface area contributed by atoms with Gasteiger partial charge in [0.1, 0.15) is 0 Å². The lowest BCUT2D eigenvalue weighted by Gasteiger charge is -2.21. The molecular formula is C12H15Cl2NO. The maximum absolute atomic E-state index is 9.46. The summed E-state index contributed by atoms with van der Waals surface area (Å²) in [6.45, 7) is 2.62. The molecule has 0 radical (unpaired) electrons. The fourth-order valence-electron chi connectivity index (χ4n) is 2.53. The van der Waals surface area contributed by atoms with Gasteiger partial charge >= 0.3 is 0 Å². The van der Waals surface area contributed by atoms with E-state index in [1.165, 1.54) is 0 Å². The number of nitrogens with two attached hydrogens (primary N) is 1. The van der Waals surface area contributed by atoms with E-state index in [2.05, 4.69) is 6.92 Å². The third-order valence-corrected chi connectivity index (χ3v) is 4.52. The van der Waals surface area contributed by atoms with Gasteiger partial charge in [0.2, 0.25) is 0 Å². The van der Waals surface area contributed by atoms with Crippen molar-refractivity contribution in [2.45, 2.75) is 18.8 Å². The summed E-state index contributed by atoms with van der Waals surface area (Å²) >= 11 is 12.2. The molecule has 0 aromatic heterocycles. The second kappa shape index (κ2) is 3.88. The molecule has 0 bridgehead atoms. The fourth-order valence-corrected chi connectivity index (χ4v) is 3.02. The van der Waals surface area contributed by atoms with Crippen molar-refractivity contribution in [3.8, 4) is 0 Å². The maximum Gasteiger partial charge on any atom is 0.0508 e. The normalized spacial score (nSPS) is 32.8. The first-order valence-corrected chi connectivity index (χ1v) is 6.01. The van der Waals surface area contributed by atoms with Crippen molar-refractivity contribution in [2.24, 2.45) is 11.1 Å². The predicted molar refractivity (Wildman–Crippen MR) is 67.0 cm³/mol. The molecule has 0 spiro atoms. The van der Waals surface area contributed by atoms with Crippen molar-refractivity contribution in [3.63, 3.8) is 0 Å². The highest BCUT2D eigenvalue weighted by Gasteiger charge is 2.64. The monoisotopic (exact) mass is 259 g/mol. The van der Waals surface area contributed by atoms with Gasteiger partial charge in [-0.2, -0.15) is 0 Å². The van der Waals surface area contributed by atoms with E-state index in [0.29, 0.717) is 16.6 Å². The number of hydrogen-bond donors (Lipinski definition) is 2. The number of hydrogen-bond acceptors (Lipinski definition) is 2.